The zero-order valence-electron chi connectivity index (χ0n) is 13.2. The van der Waals surface area contributed by atoms with Gasteiger partial charge in [-0.2, -0.15) is 13.2 Å². The van der Waals surface area contributed by atoms with E-state index in [1.807, 2.05) is 0 Å². The van der Waals surface area contributed by atoms with Gasteiger partial charge in [0.15, 0.2) is 0 Å². The van der Waals surface area contributed by atoms with E-state index >= 15 is 0 Å². The fourth-order valence-corrected chi connectivity index (χ4v) is 3.85. The number of halogens is 3. The highest BCUT2D eigenvalue weighted by atomic mass is 32.2. The maximum Gasteiger partial charge on any atom is 0.405 e. The minimum absolute atomic E-state index is 0.0658. The number of aliphatic hydroxyl groups is 1. The second-order valence-electron chi connectivity index (χ2n) is 5.95. The molecule has 0 saturated heterocycles. The molecule has 140 valence electrons. The topological polar surface area (TPSA) is 95.5 Å². The summed E-state index contributed by atoms with van der Waals surface area (Å²) in [5.41, 5.74) is -0.0658. The van der Waals surface area contributed by atoms with Crippen molar-refractivity contribution in [3.63, 3.8) is 0 Å². The van der Waals surface area contributed by atoms with Gasteiger partial charge >= 0.3 is 6.18 Å². The van der Waals surface area contributed by atoms with E-state index in [9.17, 15) is 31.5 Å². The quantitative estimate of drug-likeness (QED) is 0.722. The van der Waals surface area contributed by atoms with E-state index < -0.39 is 34.8 Å². The zero-order valence-corrected chi connectivity index (χ0v) is 14.0. The predicted octanol–water partition coefficient (Wildman–Crippen LogP) is 1.56. The standard InChI is InChI=1S/C15H19F3N2O4S/c16-15(17,18)9-19-14(22)10-1-7-13(8-2-10)25(23,24)20-11-3-5-12(21)6-4-11/h1-2,7-8,11-12,20-21H,3-6,9H2,(H,19,22). The lowest BCUT2D eigenvalue weighted by Gasteiger charge is -2.25. The first-order valence-corrected chi connectivity index (χ1v) is 9.20. The molecule has 10 heteroatoms. The Labute approximate surface area is 143 Å². The van der Waals surface area contributed by atoms with Crippen molar-refractivity contribution in [3.8, 4) is 0 Å². The summed E-state index contributed by atoms with van der Waals surface area (Å²) in [4.78, 5) is 11.5. The smallest absolute Gasteiger partial charge is 0.393 e. The summed E-state index contributed by atoms with van der Waals surface area (Å²) < 4.78 is 63.4. The molecule has 1 saturated carbocycles. The molecule has 2 rings (SSSR count). The third kappa shape index (κ3) is 5.98. The van der Waals surface area contributed by atoms with Crippen LogP contribution in [0, 0.1) is 0 Å². The van der Waals surface area contributed by atoms with Crippen LogP contribution in [0.15, 0.2) is 29.2 Å². The van der Waals surface area contributed by atoms with E-state index in [1.54, 1.807) is 5.32 Å². The SMILES string of the molecule is O=C(NCC(F)(F)F)c1ccc(S(=O)(=O)NC2CCC(O)CC2)cc1. The van der Waals surface area contributed by atoms with Gasteiger partial charge in [0, 0.05) is 11.6 Å². The number of sulfonamides is 1. The minimum atomic E-state index is -4.52. The van der Waals surface area contributed by atoms with Gasteiger partial charge in [0.2, 0.25) is 10.0 Å². The van der Waals surface area contributed by atoms with Gasteiger partial charge in [-0.25, -0.2) is 13.1 Å². The molecule has 25 heavy (non-hydrogen) atoms. The Morgan fingerprint density at radius 1 is 1.12 bits per heavy atom. The van der Waals surface area contributed by atoms with Crippen LogP contribution in [0.2, 0.25) is 0 Å². The summed E-state index contributed by atoms with van der Waals surface area (Å²) in [6.07, 6.45) is -2.83. The molecule has 1 aromatic rings. The fraction of sp³-hybridized carbons (Fsp3) is 0.533. The highest BCUT2D eigenvalue weighted by Crippen LogP contribution is 2.21. The number of aliphatic hydroxyl groups excluding tert-OH is 1. The molecular formula is C15H19F3N2O4S. The molecule has 0 aromatic heterocycles. The summed E-state index contributed by atoms with van der Waals surface area (Å²) in [7, 11) is -3.80. The number of carbonyl (C=O) groups is 1. The zero-order chi connectivity index (χ0) is 18.7. The van der Waals surface area contributed by atoms with Crippen LogP contribution >= 0.6 is 0 Å². The molecular weight excluding hydrogens is 361 g/mol. The van der Waals surface area contributed by atoms with Crippen LogP contribution < -0.4 is 10.0 Å². The van der Waals surface area contributed by atoms with Crippen LogP contribution in [0.25, 0.3) is 0 Å². The van der Waals surface area contributed by atoms with E-state index in [4.69, 9.17) is 0 Å². The van der Waals surface area contributed by atoms with Crippen LogP contribution in [0.4, 0.5) is 13.2 Å². The normalized spacial score (nSPS) is 21.8. The van der Waals surface area contributed by atoms with Crippen molar-refractivity contribution in [2.24, 2.45) is 0 Å². The van der Waals surface area contributed by atoms with Gasteiger partial charge in [0.05, 0.1) is 11.0 Å². The number of alkyl halides is 3. The molecule has 0 bridgehead atoms. The van der Waals surface area contributed by atoms with Gasteiger partial charge in [-0.3, -0.25) is 4.79 Å². The monoisotopic (exact) mass is 380 g/mol. The van der Waals surface area contributed by atoms with Crippen molar-refractivity contribution in [2.75, 3.05) is 6.54 Å². The van der Waals surface area contributed by atoms with Crippen LogP contribution in [0.1, 0.15) is 36.0 Å². The van der Waals surface area contributed by atoms with Crippen LogP contribution in [-0.4, -0.2) is 44.3 Å². The number of carbonyl (C=O) groups excluding carboxylic acids is 1. The fourth-order valence-electron chi connectivity index (χ4n) is 2.55. The summed E-state index contributed by atoms with van der Waals surface area (Å²) in [5, 5.41) is 11.1. The highest BCUT2D eigenvalue weighted by Gasteiger charge is 2.28. The number of rotatable bonds is 5. The largest absolute Gasteiger partial charge is 0.405 e. The molecule has 6 nitrogen and oxygen atoms in total. The molecule has 0 atom stereocenters. The summed E-state index contributed by atoms with van der Waals surface area (Å²) >= 11 is 0. The Kier molecular flexibility index (Phi) is 6.07. The van der Waals surface area contributed by atoms with E-state index in [0.717, 1.165) is 12.1 Å². The van der Waals surface area contributed by atoms with Crippen LogP contribution in [-0.2, 0) is 10.0 Å². The number of hydrogen-bond acceptors (Lipinski definition) is 4. The average Bonchev–Trinajstić information content (AvgIpc) is 2.54. The maximum absolute atomic E-state index is 12.3. The van der Waals surface area contributed by atoms with Gasteiger partial charge in [-0.1, -0.05) is 0 Å². The Morgan fingerprint density at radius 3 is 2.20 bits per heavy atom. The van der Waals surface area contributed by atoms with E-state index in [-0.39, 0.29) is 16.5 Å². The van der Waals surface area contributed by atoms with Crippen molar-refractivity contribution >= 4 is 15.9 Å². The van der Waals surface area contributed by atoms with E-state index in [0.29, 0.717) is 25.7 Å². The lowest BCUT2D eigenvalue weighted by Crippen LogP contribution is -2.38. The lowest BCUT2D eigenvalue weighted by atomic mass is 9.94. The molecule has 1 aromatic carbocycles. The van der Waals surface area contributed by atoms with Gasteiger partial charge in [-0.15, -0.1) is 0 Å². The molecule has 0 unspecified atom stereocenters. The third-order valence-corrected chi connectivity index (χ3v) is 5.43. The Bertz CT molecular complexity index is 696. The summed E-state index contributed by atoms with van der Waals surface area (Å²) in [5.74, 6) is -0.935. The average molecular weight is 380 g/mol. The molecule has 1 aliphatic rings. The first-order valence-electron chi connectivity index (χ1n) is 7.72. The van der Waals surface area contributed by atoms with E-state index in [1.165, 1.54) is 12.1 Å². The molecule has 1 amide bonds. The van der Waals surface area contributed by atoms with Gasteiger partial charge in [-0.05, 0) is 49.9 Å². The van der Waals surface area contributed by atoms with Crippen molar-refractivity contribution in [1.29, 1.82) is 0 Å². The molecule has 0 heterocycles. The van der Waals surface area contributed by atoms with Crippen molar-refractivity contribution in [1.82, 2.24) is 10.0 Å². The van der Waals surface area contributed by atoms with E-state index in [2.05, 4.69) is 4.72 Å². The Hall–Kier alpha value is -1.65. The maximum atomic E-state index is 12.3. The Morgan fingerprint density at radius 2 is 1.68 bits per heavy atom. The number of amides is 1. The summed E-state index contributed by atoms with van der Waals surface area (Å²) in [6, 6.07) is 4.38. The number of benzene rings is 1. The summed E-state index contributed by atoms with van der Waals surface area (Å²) in [6.45, 7) is -1.46. The molecule has 3 N–H and O–H groups in total. The van der Waals surface area contributed by atoms with Crippen molar-refractivity contribution in [3.05, 3.63) is 29.8 Å². The predicted molar refractivity (Wildman–Crippen MR) is 83.4 cm³/mol. The number of hydrogen-bond donors (Lipinski definition) is 3. The highest BCUT2D eigenvalue weighted by molar-refractivity contribution is 7.89. The van der Waals surface area contributed by atoms with Gasteiger partial charge in [0.1, 0.15) is 6.54 Å². The second kappa shape index (κ2) is 7.71. The molecule has 1 fully saturated rings. The first kappa shape index (κ1) is 19.7. The number of nitrogens with one attached hydrogen (secondary N) is 2. The molecule has 1 aliphatic carbocycles. The minimum Gasteiger partial charge on any atom is -0.393 e. The van der Waals surface area contributed by atoms with Crippen molar-refractivity contribution in [2.45, 2.75) is 48.9 Å². The first-order chi connectivity index (χ1) is 11.6. The van der Waals surface area contributed by atoms with Gasteiger partial charge in [0.25, 0.3) is 5.91 Å². The van der Waals surface area contributed by atoms with Crippen molar-refractivity contribution < 1.29 is 31.5 Å². The second-order valence-corrected chi connectivity index (χ2v) is 7.66. The molecule has 0 spiro atoms. The molecule has 0 aliphatic heterocycles. The molecule has 0 radical (unpaired) electrons. The Balaban J connectivity index is 1.99. The van der Waals surface area contributed by atoms with Crippen LogP contribution in [0.5, 0.6) is 0 Å². The van der Waals surface area contributed by atoms with Gasteiger partial charge < -0.3 is 10.4 Å². The van der Waals surface area contributed by atoms with Crippen LogP contribution in [0.3, 0.4) is 0 Å². The third-order valence-electron chi connectivity index (χ3n) is 3.89. The lowest BCUT2D eigenvalue weighted by molar-refractivity contribution is -0.123.